The summed E-state index contributed by atoms with van der Waals surface area (Å²) in [5.74, 6) is 2.10. The lowest BCUT2D eigenvalue weighted by Crippen LogP contribution is -2.09. The fraction of sp³-hybridized carbons (Fsp3) is 0.538. The molecule has 5 heteroatoms. The van der Waals surface area contributed by atoms with Crippen LogP contribution in [0.15, 0.2) is 18.2 Å². The van der Waals surface area contributed by atoms with Gasteiger partial charge in [-0.15, -0.1) is 0 Å². The maximum atomic E-state index is 12.7. The molecule has 0 aliphatic rings. The van der Waals surface area contributed by atoms with Crippen LogP contribution >= 0.6 is 11.8 Å². The highest BCUT2D eigenvalue weighted by Gasteiger charge is 2.32. The number of anilines is 1. The Morgan fingerprint density at radius 2 is 2.00 bits per heavy atom. The first-order valence-electron chi connectivity index (χ1n) is 5.94. The first kappa shape index (κ1) is 15.2. The molecule has 0 unspecified atom stereocenters. The SMILES string of the molecule is CCSCCCNc1ccc(C)c(C(F)(F)F)c1. The zero-order valence-electron chi connectivity index (χ0n) is 10.6. The van der Waals surface area contributed by atoms with Gasteiger partial charge in [0.15, 0.2) is 0 Å². The van der Waals surface area contributed by atoms with E-state index in [1.54, 1.807) is 6.07 Å². The Kier molecular flexibility index (Phi) is 5.85. The Labute approximate surface area is 110 Å². The molecule has 0 amide bonds. The van der Waals surface area contributed by atoms with E-state index in [0.717, 1.165) is 17.9 Å². The van der Waals surface area contributed by atoms with Gasteiger partial charge in [-0.1, -0.05) is 13.0 Å². The summed E-state index contributed by atoms with van der Waals surface area (Å²) in [6.45, 7) is 4.27. The smallest absolute Gasteiger partial charge is 0.385 e. The summed E-state index contributed by atoms with van der Waals surface area (Å²) in [7, 11) is 0. The van der Waals surface area contributed by atoms with Crippen molar-refractivity contribution >= 4 is 17.4 Å². The molecule has 0 aromatic heterocycles. The molecule has 1 aromatic carbocycles. The van der Waals surface area contributed by atoms with Gasteiger partial charge < -0.3 is 5.32 Å². The first-order chi connectivity index (χ1) is 8.45. The molecule has 0 aliphatic heterocycles. The van der Waals surface area contributed by atoms with Crippen molar-refractivity contribution in [1.29, 1.82) is 0 Å². The van der Waals surface area contributed by atoms with Crippen LogP contribution in [0.2, 0.25) is 0 Å². The highest BCUT2D eigenvalue weighted by molar-refractivity contribution is 7.99. The fourth-order valence-electron chi connectivity index (χ4n) is 1.59. The second-order valence-corrected chi connectivity index (χ2v) is 5.40. The number of rotatable bonds is 6. The van der Waals surface area contributed by atoms with Gasteiger partial charge in [0.05, 0.1) is 5.56 Å². The summed E-state index contributed by atoms with van der Waals surface area (Å²) >= 11 is 1.83. The maximum Gasteiger partial charge on any atom is 0.416 e. The van der Waals surface area contributed by atoms with E-state index in [2.05, 4.69) is 12.2 Å². The van der Waals surface area contributed by atoms with Crippen molar-refractivity contribution in [2.24, 2.45) is 0 Å². The molecule has 18 heavy (non-hydrogen) atoms. The number of hydrogen-bond acceptors (Lipinski definition) is 2. The third-order valence-electron chi connectivity index (χ3n) is 2.54. The Morgan fingerprint density at radius 1 is 1.28 bits per heavy atom. The summed E-state index contributed by atoms with van der Waals surface area (Å²) in [6, 6.07) is 4.38. The lowest BCUT2D eigenvalue weighted by Gasteiger charge is -2.13. The quantitative estimate of drug-likeness (QED) is 0.764. The zero-order valence-corrected chi connectivity index (χ0v) is 11.4. The van der Waals surface area contributed by atoms with Crippen LogP contribution in [0.1, 0.15) is 24.5 Å². The average molecular weight is 277 g/mol. The van der Waals surface area contributed by atoms with Gasteiger partial charge in [0.1, 0.15) is 0 Å². The van der Waals surface area contributed by atoms with E-state index < -0.39 is 11.7 Å². The Bertz CT molecular complexity index is 377. The molecule has 0 heterocycles. The van der Waals surface area contributed by atoms with Crippen LogP contribution in [0, 0.1) is 6.92 Å². The lowest BCUT2D eigenvalue weighted by atomic mass is 10.1. The number of benzene rings is 1. The molecule has 0 saturated carbocycles. The van der Waals surface area contributed by atoms with Crippen LogP contribution in [0.25, 0.3) is 0 Å². The summed E-state index contributed by atoms with van der Waals surface area (Å²) < 4.78 is 38.1. The minimum atomic E-state index is -4.28. The maximum absolute atomic E-state index is 12.7. The standard InChI is InChI=1S/C13H18F3NS/c1-3-18-8-4-7-17-11-6-5-10(2)12(9-11)13(14,15)16/h5-6,9,17H,3-4,7-8H2,1-2H3. The molecule has 0 atom stereocenters. The van der Waals surface area contributed by atoms with Gasteiger partial charge in [0.2, 0.25) is 0 Å². The molecule has 0 fully saturated rings. The van der Waals surface area contributed by atoms with E-state index in [9.17, 15) is 13.2 Å². The van der Waals surface area contributed by atoms with Crippen LogP contribution < -0.4 is 5.32 Å². The number of thioether (sulfide) groups is 1. The van der Waals surface area contributed by atoms with E-state index in [1.807, 2.05) is 11.8 Å². The summed E-state index contributed by atoms with van der Waals surface area (Å²) in [5, 5.41) is 3.03. The monoisotopic (exact) mass is 277 g/mol. The number of aryl methyl sites for hydroxylation is 1. The van der Waals surface area contributed by atoms with Crippen LogP contribution in [-0.2, 0) is 6.18 Å². The molecule has 0 spiro atoms. The van der Waals surface area contributed by atoms with Gasteiger partial charge >= 0.3 is 6.18 Å². The van der Waals surface area contributed by atoms with Crippen molar-refractivity contribution in [1.82, 2.24) is 0 Å². The second-order valence-electron chi connectivity index (χ2n) is 4.00. The van der Waals surface area contributed by atoms with Crippen LogP contribution in [0.3, 0.4) is 0 Å². The van der Waals surface area contributed by atoms with Gasteiger partial charge in [-0.25, -0.2) is 0 Å². The molecule has 1 aromatic rings. The van der Waals surface area contributed by atoms with E-state index in [1.165, 1.54) is 19.1 Å². The largest absolute Gasteiger partial charge is 0.416 e. The number of alkyl halides is 3. The topological polar surface area (TPSA) is 12.0 Å². The molecule has 1 nitrogen and oxygen atoms in total. The van der Waals surface area contributed by atoms with Crippen LogP contribution in [0.4, 0.5) is 18.9 Å². The summed E-state index contributed by atoms with van der Waals surface area (Å²) in [6.07, 6.45) is -3.33. The zero-order chi connectivity index (χ0) is 13.6. The van der Waals surface area contributed by atoms with E-state index in [-0.39, 0.29) is 5.56 Å². The third-order valence-corrected chi connectivity index (χ3v) is 3.53. The molecule has 0 aliphatic carbocycles. The van der Waals surface area contributed by atoms with Crippen LogP contribution in [0.5, 0.6) is 0 Å². The highest BCUT2D eigenvalue weighted by atomic mass is 32.2. The Hall–Kier alpha value is -0.840. The number of hydrogen-bond donors (Lipinski definition) is 1. The van der Waals surface area contributed by atoms with Crippen LogP contribution in [-0.4, -0.2) is 18.1 Å². The highest BCUT2D eigenvalue weighted by Crippen LogP contribution is 2.33. The minimum Gasteiger partial charge on any atom is -0.385 e. The summed E-state index contributed by atoms with van der Waals surface area (Å²) in [4.78, 5) is 0. The van der Waals surface area contributed by atoms with E-state index >= 15 is 0 Å². The Balaban J connectivity index is 2.57. The van der Waals surface area contributed by atoms with E-state index in [4.69, 9.17) is 0 Å². The lowest BCUT2D eigenvalue weighted by molar-refractivity contribution is -0.138. The molecule has 102 valence electrons. The molecule has 1 N–H and O–H groups in total. The normalized spacial score (nSPS) is 11.6. The van der Waals surface area contributed by atoms with Crippen molar-refractivity contribution in [3.8, 4) is 0 Å². The first-order valence-corrected chi connectivity index (χ1v) is 7.10. The van der Waals surface area contributed by atoms with Crippen molar-refractivity contribution in [2.75, 3.05) is 23.4 Å². The van der Waals surface area contributed by atoms with Crippen molar-refractivity contribution in [3.05, 3.63) is 29.3 Å². The van der Waals surface area contributed by atoms with Gasteiger partial charge in [-0.2, -0.15) is 24.9 Å². The van der Waals surface area contributed by atoms with Crippen molar-refractivity contribution in [3.63, 3.8) is 0 Å². The third kappa shape index (κ3) is 4.80. The molecule has 0 radical (unpaired) electrons. The molecule has 1 rings (SSSR count). The van der Waals surface area contributed by atoms with Crippen molar-refractivity contribution < 1.29 is 13.2 Å². The molecule has 0 saturated heterocycles. The predicted octanol–water partition coefficient (Wildman–Crippen LogP) is 4.57. The molecular formula is C13H18F3NS. The molecular weight excluding hydrogens is 259 g/mol. The fourth-order valence-corrected chi connectivity index (χ4v) is 2.23. The summed E-state index contributed by atoms with van der Waals surface area (Å²) in [5.41, 5.74) is 0.236. The van der Waals surface area contributed by atoms with Gasteiger partial charge in [0, 0.05) is 12.2 Å². The Morgan fingerprint density at radius 3 is 2.61 bits per heavy atom. The van der Waals surface area contributed by atoms with Gasteiger partial charge in [0.25, 0.3) is 0 Å². The number of halogens is 3. The predicted molar refractivity (Wildman–Crippen MR) is 72.3 cm³/mol. The van der Waals surface area contributed by atoms with Gasteiger partial charge in [-0.3, -0.25) is 0 Å². The van der Waals surface area contributed by atoms with Crippen molar-refractivity contribution in [2.45, 2.75) is 26.4 Å². The average Bonchev–Trinajstić information content (AvgIpc) is 2.29. The van der Waals surface area contributed by atoms with Gasteiger partial charge in [-0.05, 0) is 42.5 Å². The van der Waals surface area contributed by atoms with E-state index in [0.29, 0.717) is 12.2 Å². The molecule has 0 bridgehead atoms. The number of nitrogens with one attached hydrogen (secondary N) is 1. The minimum absolute atomic E-state index is 0.259. The second kappa shape index (κ2) is 6.92.